The van der Waals surface area contributed by atoms with Gasteiger partial charge in [0.05, 0.1) is 0 Å². The number of amides is 2. The molecule has 2 amide bonds. The number of nitrogens with zero attached hydrogens (tertiary/aromatic N) is 2. The summed E-state index contributed by atoms with van der Waals surface area (Å²) < 4.78 is 31.7. The predicted octanol–water partition coefficient (Wildman–Crippen LogP) is 3.00. The molecule has 7 nitrogen and oxygen atoms in total. The van der Waals surface area contributed by atoms with Gasteiger partial charge in [-0.2, -0.15) is 13.2 Å². The molecule has 146 valence electrons. The number of carbonyl (C=O) groups is 2. The van der Waals surface area contributed by atoms with E-state index in [0.717, 1.165) is 0 Å². The largest absolute Gasteiger partial charge is 0.490 e. The Kier molecular flexibility index (Phi) is 6.81. The number of aliphatic carboxylic acids is 1. The number of alkyl halides is 3. The van der Waals surface area contributed by atoms with Crippen molar-refractivity contribution >= 4 is 28.5 Å². The molecule has 0 bridgehead atoms. The highest BCUT2D eigenvalue weighted by Crippen LogP contribution is 2.36. The van der Waals surface area contributed by atoms with Gasteiger partial charge in [-0.05, 0) is 18.8 Å². The topological polar surface area (TPSA) is 109 Å². The molecule has 1 saturated carbocycles. The smallest absolute Gasteiger partial charge is 0.475 e. The molecule has 2 fully saturated rings. The lowest BCUT2D eigenvalue weighted by Crippen LogP contribution is -2.58. The molecule has 1 saturated heterocycles. The van der Waals surface area contributed by atoms with Crippen LogP contribution in [0.3, 0.4) is 0 Å². The number of nitrogens with two attached hydrogens (primary N) is 1. The van der Waals surface area contributed by atoms with E-state index in [4.69, 9.17) is 15.6 Å². The van der Waals surface area contributed by atoms with E-state index in [-0.39, 0.29) is 12.1 Å². The van der Waals surface area contributed by atoms with Crippen LogP contribution < -0.4 is 11.1 Å². The van der Waals surface area contributed by atoms with Crippen molar-refractivity contribution in [1.29, 1.82) is 0 Å². The molecule has 1 aliphatic heterocycles. The number of hydrogen-bond donors (Lipinski definition) is 3. The highest BCUT2D eigenvalue weighted by Gasteiger charge is 2.38. The molecule has 0 atom stereocenters. The molecule has 26 heavy (non-hydrogen) atoms. The van der Waals surface area contributed by atoms with Crippen LogP contribution in [0.4, 0.5) is 23.1 Å². The third-order valence-electron chi connectivity index (χ3n) is 4.18. The zero-order valence-electron chi connectivity index (χ0n) is 14.0. The summed E-state index contributed by atoms with van der Waals surface area (Å²) >= 11 is 1.62. The second kappa shape index (κ2) is 8.67. The first-order valence-electron chi connectivity index (χ1n) is 8.24. The summed E-state index contributed by atoms with van der Waals surface area (Å²) in [7, 11) is 0. The Morgan fingerprint density at radius 2 is 1.85 bits per heavy atom. The van der Waals surface area contributed by atoms with Crippen molar-refractivity contribution in [3.63, 3.8) is 0 Å². The van der Waals surface area contributed by atoms with Gasteiger partial charge in [-0.25, -0.2) is 14.6 Å². The summed E-state index contributed by atoms with van der Waals surface area (Å²) in [5, 5.41) is 10.7. The third kappa shape index (κ3) is 5.84. The van der Waals surface area contributed by atoms with E-state index in [0.29, 0.717) is 24.1 Å². The van der Waals surface area contributed by atoms with E-state index in [2.05, 4.69) is 10.3 Å². The zero-order valence-corrected chi connectivity index (χ0v) is 14.8. The lowest BCUT2D eigenvalue weighted by Gasteiger charge is -2.36. The van der Waals surface area contributed by atoms with Gasteiger partial charge in [-0.3, -0.25) is 5.32 Å². The lowest BCUT2D eigenvalue weighted by atomic mass is 9.89. The monoisotopic (exact) mass is 394 g/mol. The van der Waals surface area contributed by atoms with Crippen LogP contribution in [0.15, 0.2) is 6.20 Å². The van der Waals surface area contributed by atoms with Crippen molar-refractivity contribution in [2.24, 2.45) is 5.73 Å². The molecule has 2 heterocycles. The number of likely N-dealkylation sites (tertiary alicyclic amines) is 1. The first-order valence-corrected chi connectivity index (χ1v) is 9.06. The number of carboxylic acid groups (broad SMARTS) is 1. The van der Waals surface area contributed by atoms with Crippen molar-refractivity contribution in [2.45, 2.75) is 50.2 Å². The number of nitrogens with one attached hydrogen (secondary N) is 1. The Balaban J connectivity index is 0.000000298. The standard InChI is InChI=1S/C13H20N4OS.C2HF3O2/c14-10-7-17(8-10)13(18)16-12-15-6-11(19-12)9-4-2-1-3-5-9;3-2(4,5)1(6)7/h6,9-10H,1-5,7-8,14H2,(H,15,16,18);(H,6,7). The number of carboxylic acids is 1. The van der Waals surface area contributed by atoms with Crippen LogP contribution in [-0.4, -0.2) is 52.3 Å². The summed E-state index contributed by atoms with van der Waals surface area (Å²) in [4.78, 5) is 28.1. The zero-order chi connectivity index (χ0) is 19.3. The average Bonchev–Trinajstić information content (AvgIpc) is 3.01. The van der Waals surface area contributed by atoms with Crippen LogP contribution in [0.1, 0.15) is 42.9 Å². The molecule has 2 aliphatic rings. The Morgan fingerprint density at radius 3 is 2.35 bits per heavy atom. The van der Waals surface area contributed by atoms with Gasteiger partial charge in [-0.1, -0.05) is 19.3 Å². The molecule has 0 spiro atoms. The quantitative estimate of drug-likeness (QED) is 0.715. The number of anilines is 1. The van der Waals surface area contributed by atoms with Gasteiger partial charge in [0, 0.05) is 30.2 Å². The molecule has 1 aromatic heterocycles. The minimum Gasteiger partial charge on any atom is -0.475 e. The fourth-order valence-corrected chi connectivity index (χ4v) is 3.74. The van der Waals surface area contributed by atoms with Crippen LogP contribution in [0.2, 0.25) is 0 Å². The first-order chi connectivity index (χ1) is 12.2. The highest BCUT2D eigenvalue weighted by atomic mass is 32.1. The molecule has 3 rings (SSSR count). The molecular weight excluding hydrogens is 373 g/mol. The fraction of sp³-hybridized carbons (Fsp3) is 0.667. The molecule has 1 aliphatic carbocycles. The van der Waals surface area contributed by atoms with Crippen LogP contribution in [0, 0.1) is 0 Å². The van der Waals surface area contributed by atoms with Crippen molar-refractivity contribution in [3.8, 4) is 0 Å². The second-order valence-corrected chi connectivity index (χ2v) is 7.36. The maximum Gasteiger partial charge on any atom is 0.490 e. The van der Waals surface area contributed by atoms with Crippen LogP contribution >= 0.6 is 11.3 Å². The summed E-state index contributed by atoms with van der Waals surface area (Å²) in [6, 6.07) is 0.0612. The number of thiazole rings is 1. The molecule has 0 unspecified atom stereocenters. The molecule has 0 aromatic carbocycles. The van der Waals surface area contributed by atoms with E-state index < -0.39 is 12.1 Å². The number of urea groups is 1. The van der Waals surface area contributed by atoms with Gasteiger partial charge in [-0.15, -0.1) is 11.3 Å². The molecule has 4 N–H and O–H groups in total. The van der Waals surface area contributed by atoms with Crippen molar-refractivity contribution in [2.75, 3.05) is 18.4 Å². The summed E-state index contributed by atoms with van der Waals surface area (Å²) in [6.45, 7) is 1.29. The van der Waals surface area contributed by atoms with E-state index in [9.17, 15) is 18.0 Å². The Bertz CT molecular complexity index is 626. The van der Waals surface area contributed by atoms with Gasteiger partial charge >= 0.3 is 18.2 Å². The van der Waals surface area contributed by atoms with Crippen LogP contribution in [0.25, 0.3) is 0 Å². The van der Waals surface area contributed by atoms with E-state index >= 15 is 0 Å². The number of carbonyl (C=O) groups excluding carboxylic acids is 1. The lowest BCUT2D eigenvalue weighted by molar-refractivity contribution is -0.192. The van der Waals surface area contributed by atoms with E-state index in [1.54, 1.807) is 16.2 Å². The number of rotatable bonds is 2. The van der Waals surface area contributed by atoms with Crippen molar-refractivity contribution < 1.29 is 27.9 Å². The van der Waals surface area contributed by atoms with E-state index in [1.165, 1.54) is 37.0 Å². The van der Waals surface area contributed by atoms with Gasteiger partial charge in [0.15, 0.2) is 5.13 Å². The summed E-state index contributed by atoms with van der Waals surface area (Å²) in [5.41, 5.74) is 5.67. The fourth-order valence-electron chi connectivity index (χ4n) is 2.77. The van der Waals surface area contributed by atoms with Crippen LogP contribution in [-0.2, 0) is 4.79 Å². The van der Waals surface area contributed by atoms with Crippen molar-refractivity contribution in [3.05, 3.63) is 11.1 Å². The minimum absolute atomic E-state index is 0.0776. The summed E-state index contributed by atoms with van der Waals surface area (Å²) in [6.07, 6.45) is 3.35. The maximum absolute atomic E-state index is 11.9. The number of hydrogen-bond acceptors (Lipinski definition) is 5. The molecular formula is C15H21F3N4O3S. The average molecular weight is 394 g/mol. The first kappa shape index (κ1) is 20.4. The molecule has 0 radical (unpaired) electrons. The Morgan fingerprint density at radius 1 is 1.27 bits per heavy atom. The minimum atomic E-state index is -5.08. The van der Waals surface area contributed by atoms with E-state index in [1.807, 2.05) is 6.20 Å². The highest BCUT2D eigenvalue weighted by molar-refractivity contribution is 7.15. The normalized spacial score (nSPS) is 18.5. The number of halogens is 3. The second-order valence-electron chi connectivity index (χ2n) is 6.30. The third-order valence-corrected chi connectivity index (χ3v) is 5.26. The van der Waals surface area contributed by atoms with Gasteiger partial charge in [0.1, 0.15) is 0 Å². The molecule has 11 heteroatoms. The number of aromatic nitrogens is 1. The van der Waals surface area contributed by atoms with Gasteiger partial charge in [0.25, 0.3) is 0 Å². The van der Waals surface area contributed by atoms with Crippen LogP contribution in [0.5, 0.6) is 0 Å². The summed E-state index contributed by atoms with van der Waals surface area (Å²) in [5.74, 6) is -2.11. The van der Waals surface area contributed by atoms with Gasteiger partial charge in [0.2, 0.25) is 0 Å². The maximum atomic E-state index is 11.9. The SMILES string of the molecule is NC1CN(C(=O)Nc2ncc(C3CCCCC3)s2)C1.O=C(O)C(F)(F)F. The Hall–Kier alpha value is -1.88. The predicted molar refractivity (Wildman–Crippen MR) is 90.2 cm³/mol. The van der Waals surface area contributed by atoms with Crippen molar-refractivity contribution in [1.82, 2.24) is 9.88 Å². The van der Waals surface area contributed by atoms with Gasteiger partial charge < -0.3 is 15.7 Å². The molecule has 1 aromatic rings. The Labute approximate surface area is 152 Å².